The number of benzene rings is 2. The summed E-state index contributed by atoms with van der Waals surface area (Å²) in [5, 5.41) is 13.6. The van der Waals surface area contributed by atoms with Crippen LogP contribution in [0, 0.1) is 17.6 Å². The van der Waals surface area contributed by atoms with Crippen molar-refractivity contribution in [1.82, 2.24) is 10.2 Å². The van der Waals surface area contributed by atoms with E-state index in [0.717, 1.165) is 24.5 Å². The zero-order valence-corrected chi connectivity index (χ0v) is 22.7. The Morgan fingerprint density at radius 3 is 2.33 bits per heavy atom. The first-order valence-corrected chi connectivity index (χ1v) is 14.2. The molecule has 4 nitrogen and oxygen atoms in total. The molecule has 0 aromatic heterocycles. The summed E-state index contributed by atoms with van der Waals surface area (Å²) in [5.74, 6) is -4.61. The van der Waals surface area contributed by atoms with Crippen molar-refractivity contribution in [1.29, 1.82) is 0 Å². The summed E-state index contributed by atoms with van der Waals surface area (Å²) in [7, 11) is 0. The van der Waals surface area contributed by atoms with Gasteiger partial charge in [-0.25, -0.2) is 17.6 Å². The third kappa shape index (κ3) is 6.02. The summed E-state index contributed by atoms with van der Waals surface area (Å²) >= 11 is 0. The molecule has 0 bridgehead atoms. The molecule has 2 aliphatic carbocycles. The Labute approximate surface area is 227 Å². The number of hydrogen-bond acceptors (Lipinski definition) is 3. The molecule has 2 aromatic carbocycles. The van der Waals surface area contributed by atoms with Gasteiger partial charge in [0.15, 0.2) is 0 Å². The van der Waals surface area contributed by atoms with Crippen molar-refractivity contribution < 1.29 is 27.5 Å². The first kappa shape index (κ1) is 28.1. The highest BCUT2D eigenvalue weighted by Gasteiger charge is 2.50. The standard InChI is InChI=1S/C31H38F4N2O2/c1-19(2)30(39)11-13-37(14-12-30)26-7-4-10-31(34,35)29(26)36-27(38)17-21-5-3-6-25(28(21)20-8-9-20)22-15-23(32)18-24(33)16-22/h3,5-6,15-16,18-20,26,29,39H,4,7-14,17H2,1-2H3,(H,36,38)/t26?,29-/m1/s1. The first-order valence-electron chi connectivity index (χ1n) is 14.2. The van der Waals surface area contributed by atoms with Gasteiger partial charge in [-0.1, -0.05) is 32.0 Å². The van der Waals surface area contributed by atoms with Crippen LogP contribution in [-0.2, 0) is 11.2 Å². The van der Waals surface area contributed by atoms with E-state index in [1.54, 1.807) is 18.2 Å². The van der Waals surface area contributed by atoms with Crippen molar-refractivity contribution >= 4 is 5.91 Å². The number of rotatable bonds is 7. The number of nitrogens with one attached hydrogen (secondary N) is 1. The molecule has 2 atom stereocenters. The SMILES string of the molecule is CC(C)C1(O)CCN(C2CCCC(F)(F)[C@@H]2NC(=O)Cc2cccc(-c3cc(F)cc(F)c3)c2C2CC2)CC1. The lowest BCUT2D eigenvalue weighted by molar-refractivity contribution is -0.136. The molecule has 2 aromatic rings. The average molecular weight is 547 g/mol. The molecule has 3 aliphatic rings. The first-order chi connectivity index (χ1) is 18.5. The molecule has 5 rings (SSSR count). The van der Waals surface area contributed by atoms with Crippen LogP contribution in [0.15, 0.2) is 36.4 Å². The topological polar surface area (TPSA) is 52.6 Å². The highest BCUT2D eigenvalue weighted by atomic mass is 19.3. The largest absolute Gasteiger partial charge is 0.390 e. The zero-order valence-electron chi connectivity index (χ0n) is 22.7. The molecule has 212 valence electrons. The van der Waals surface area contributed by atoms with Crippen molar-refractivity contribution in [2.45, 2.75) is 94.7 Å². The maximum Gasteiger partial charge on any atom is 0.269 e. The van der Waals surface area contributed by atoms with Crippen LogP contribution in [0.2, 0.25) is 0 Å². The Morgan fingerprint density at radius 1 is 1.05 bits per heavy atom. The van der Waals surface area contributed by atoms with Gasteiger partial charge >= 0.3 is 0 Å². The number of aliphatic hydroxyl groups is 1. The van der Waals surface area contributed by atoms with Gasteiger partial charge in [0.05, 0.1) is 12.0 Å². The molecular formula is C31H38F4N2O2. The van der Waals surface area contributed by atoms with Crippen LogP contribution >= 0.6 is 0 Å². The number of carbonyl (C=O) groups excluding carboxylic acids is 1. The van der Waals surface area contributed by atoms with E-state index >= 15 is 8.78 Å². The number of hydrogen-bond donors (Lipinski definition) is 2. The van der Waals surface area contributed by atoms with Crippen molar-refractivity contribution in [3.8, 4) is 11.1 Å². The van der Waals surface area contributed by atoms with E-state index in [4.69, 9.17) is 0 Å². The van der Waals surface area contributed by atoms with Gasteiger partial charge in [0.2, 0.25) is 5.91 Å². The maximum absolute atomic E-state index is 15.3. The van der Waals surface area contributed by atoms with Gasteiger partial charge in [-0.15, -0.1) is 0 Å². The zero-order chi connectivity index (χ0) is 27.9. The lowest BCUT2D eigenvalue weighted by Gasteiger charge is -2.48. The summed E-state index contributed by atoms with van der Waals surface area (Å²) in [6.45, 7) is 4.98. The minimum Gasteiger partial charge on any atom is -0.390 e. The molecule has 1 amide bonds. The van der Waals surface area contributed by atoms with E-state index in [0.29, 0.717) is 55.5 Å². The van der Waals surface area contributed by atoms with E-state index in [-0.39, 0.29) is 24.7 Å². The van der Waals surface area contributed by atoms with Crippen LogP contribution in [0.4, 0.5) is 17.6 Å². The summed E-state index contributed by atoms with van der Waals surface area (Å²) < 4.78 is 58.5. The van der Waals surface area contributed by atoms with Gasteiger partial charge in [-0.05, 0) is 84.7 Å². The number of amides is 1. The summed E-state index contributed by atoms with van der Waals surface area (Å²) in [6.07, 6.45) is 3.45. The summed E-state index contributed by atoms with van der Waals surface area (Å²) in [5.41, 5.74) is 1.86. The second-order valence-corrected chi connectivity index (χ2v) is 12.0. The lowest BCUT2D eigenvalue weighted by Crippen LogP contribution is -2.64. The average Bonchev–Trinajstić information content (AvgIpc) is 3.70. The van der Waals surface area contributed by atoms with Crippen LogP contribution in [0.25, 0.3) is 11.1 Å². The van der Waals surface area contributed by atoms with Gasteiger partial charge < -0.3 is 10.4 Å². The van der Waals surface area contributed by atoms with Gasteiger partial charge in [0.1, 0.15) is 17.7 Å². The van der Waals surface area contributed by atoms with Crippen LogP contribution in [-0.4, -0.2) is 52.6 Å². The monoisotopic (exact) mass is 546 g/mol. The quantitative estimate of drug-likeness (QED) is 0.406. The lowest BCUT2D eigenvalue weighted by atomic mass is 9.79. The molecule has 1 saturated heterocycles. The van der Waals surface area contributed by atoms with Crippen LogP contribution in [0.1, 0.15) is 75.8 Å². The molecule has 1 aliphatic heterocycles. The minimum absolute atomic E-state index is 0.0795. The predicted octanol–water partition coefficient (Wildman–Crippen LogP) is 6.21. The van der Waals surface area contributed by atoms with E-state index in [9.17, 15) is 18.7 Å². The highest BCUT2D eigenvalue weighted by molar-refractivity contribution is 5.81. The summed E-state index contributed by atoms with van der Waals surface area (Å²) in [6, 6.07) is 6.91. The Morgan fingerprint density at radius 2 is 1.72 bits per heavy atom. The van der Waals surface area contributed by atoms with Gasteiger partial charge in [-0.3, -0.25) is 9.69 Å². The fraction of sp³-hybridized carbons (Fsp3) is 0.581. The van der Waals surface area contributed by atoms with E-state index < -0.39 is 41.1 Å². The molecule has 0 radical (unpaired) electrons. The minimum atomic E-state index is -3.04. The van der Waals surface area contributed by atoms with Crippen LogP contribution in [0.3, 0.4) is 0 Å². The van der Waals surface area contributed by atoms with Crippen molar-refractivity contribution in [2.75, 3.05) is 13.1 Å². The number of nitrogens with zero attached hydrogens (tertiary/aromatic N) is 1. The molecule has 1 heterocycles. The Bertz CT molecular complexity index is 1180. The van der Waals surface area contributed by atoms with Crippen LogP contribution in [0.5, 0.6) is 0 Å². The summed E-state index contributed by atoms with van der Waals surface area (Å²) in [4.78, 5) is 15.3. The van der Waals surface area contributed by atoms with Crippen LogP contribution < -0.4 is 5.32 Å². The van der Waals surface area contributed by atoms with E-state index in [1.165, 1.54) is 12.1 Å². The molecule has 0 spiro atoms. The third-order valence-electron chi connectivity index (χ3n) is 9.08. The van der Waals surface area contributed by atoms with E-state index in [1.807, 2.05) is 18.7 Å². The number of halogens is 4. The molecular weight excluding hydrogens is 508 g/mol. The van der Waals surface area contributed by atoms with Gasteiger partial charge in [0.25, 0.3) is 5.92 Å². The van der Waals surface area contributed by atoms with Gasteiger partial charge in [0, 0.05) is 31.6 Å². The number of carbonyl (C=O) groups is 1. The normalized spacial score (nSPS) is 25.0. The van der Waals surface area contributed by atoms with E-state index in [2.05, 4.69) is 5.32 Å². The molecule has 1 unspecified atom stereocenters. The Balaban J connectivity index is 1.35. The molecule has 39 heavy (non-hydrogen) atoms. The molecule has 8 heteroatoms. The molecule has 3 fully saturated rings. The van der Waals surface area contributed by atoms with Crippen molar-refractivity contribution in [3.05, 3.63) is 59.2 Å². The smallest absolute Gasteiger partial charge is 0.269 e. The molecule has 2 N–H and O–H groups in total. The van der Waals surface area contributed by atoms with Crippen molar-refractivity contribution in [3.63, 3.8) is 0 Å². The fourth-order valence-corrected chi connectivity index (χ4v) is 6.55. The number of likely N-dealkylation sites (tertiary alicyclic amines) is 1. The predicted molar refractivity (Wildman–Crippen MR) is 143 cm³/mol. The third-order valence-corrected chi connectivity index (χ3v) is 9.08. The molecule has 2 saturated carbocycles. The number of alkyl halides is 2. The van der Waals surface area contributed by atoms with Crippen molar-refractivity contribution in [2.24, 2.45) is 5.92 Å². The second kappa shape index (κ2) is 10.8. The Hall–Kier alpha value is -2.45. The Kier molecular flexibility index (Phi) is 7.81. The maximum atomic E-state index is 15.3. The fourth-order valence-electron chi connectivity index (χ4n) is 6.55. The number of piperidine rings is 1. The van der Waals surface area contributed by atoms with Gasteiger partial charge in [-0.2, -0.15) is 0 Å². The highest BCUT2D eigenvalue weighted by Crippen LogP contribution is 2.46. The second-order valence-electron chi connectivity index (χ2n) is 12.0.